The van der Waals surface area contributed by atoms with E-state index in [1.165, 1.54) is 11.1 Å². The van der Waals surface area contributed by atoms with Crippen molar-refractivity contribution in [1.82, 2.24) is 14.5 Å². The summed E-state index contributed by atoms with van der Waals surface area (Å²) in [4.78, 5) is 8.27. The first kappa shape index (κ1) is 10.8. The van der Waals surface area contributed by atoms with Crippen molar-refractivity contribution in [3.8, 4) is 0 Å². The van der Waals surface area contributed by atoms with Crippen LogP contribution in [0.2, 0.25) is 0 Å². The van der Waals surface area contributed by atoms with E-state index in [9.17, 15) is 0 Å². The van der Waals surface area contributed by atoms with Crippen LogP contribution in [0.4, 0.5) is 0 Å². The fourth-order valence-corrected chi connectivity index (χ4v) is 1.69. The van der Waals surface area contributed by atoms with Crippen molar-refractivity contribution < 1.29 is 0 Å². The molecule has 0 aromatic carbocycles. The summed E-state index contributed by atoms with van der Waals surface area (Å²) >= 11 is 0. The second-order valence-electron chi connectivity index (χ2n) is 4.04. The molecule has 0 radical (unpaired) electrons. The third-order valence-corrected chi connectivity index (χ3v) is 2.70. The minimum Gasteiger partial charge on any atom is -0.329 e. The summed E-state index contributed by atoms with van der Waals surface area (Å²) in [6.07, 6.45) is 7.32. The van der Waals surface area contributed by atoms with Crippen molar-refractivity contribution in [1.29, 1.82) is 0 Å². The summed E-state index contributed by atoms with van der Waals surface area (Å²) in [5.41, 5.74) is 9.35. The first-order chi connectivity index (χ1) is 7.68. The smallest absolute Gasteiger partial charge is 0.0951 e. The van der Waals surface area contributed by atoms with Gasteiger partial charge in [0.05, 0.1) is 18.6 Å². The fraction of sp³-hybridized carbons (Fsp3) is 0.333. The maximum Gasteiger partial charge on any atom is 0.0951 e. The molecule has 2 heterocycles. The summed E-state index contributed by atoms with van der Waals surface area (Å²) in [5.74, 6) is 0. The highest BCUT2D eigenvalue weighted by atomic mass is 15.1. The van der Waals surface area contributed by atoms with E-state index in [0.717, 1.165) is 12.2 Å². The molecule has 0 aliphatic heterocycles. The predicted octanol–water partition coefficient (Wildman–Crippen LogP) is 1.65. The van der Waals surface area contributed by atoms with Gasteiger partial charge in [-0.2, -0.15) is 0 Å². The van der Waals surface area contributed by atoms with Crippen molar-refractivity contribution in [2.24, 2.45) is 5.73 Å². The molecule has 0 aliphatic carbocycles. The summed E-state index contributed by atoms with van der Waals surface area (Å²) in [6.45, 7) is 4.82. The lowest BCUT2D eigenvalue weighted by atomic mass is 10.1. The minimum absolute atomic E-state index is 0.000484. The van der Waals surface area contributed by atoms with Crippen LogP contribution in [0.15, 0.2) is 31.0 Å². The van der Waals surface area contributed by atoms with E-state index in [-0.39, 0.29) is 6.04 Å². The monoisotopic (exact) mass is 216 g/mol. The van der Waals surface area contributed by atoms with E-state index in [4.69, 9.17) is 5.73 Å². The highest BCUT2D eigenvalue weighted by molar-refractivity contribution is 5.22. The van der Waals surface area contributed by atoms with E-state index in [1.54, 1.807) is 6.20 Å². The standard InChI is InChI=1S/C12H16N4/c1-9-3-4-14-5-11(9)7-16-8-15-6-12(16)10(2)13/h3-6,8,10H,7,13H2,1-2H3. The van der Waals surface area contributed by atoms with E-state index >= 15 is 0 Å². The Morgan fingerprint density at radius 3 is 2.88 bits per heavy atom. The molecule has 0 amide bonds. The molecule has 0 saturated carbocycles. The molecule has 0 fully saturated rings. The number of hydrogen-bond donors (Lipinski definition) is 1. The molecule has 4 nitrogen and oxygen atoms in total. The van der Waals surface area contributed by atoms with Crippen LogP contribution in [0, 0.1) is 6.92 Å². The van der Waals surface area contributed by atoms with Crippen molar-refractivity contribution in [3.63, 3.8) is 0 Å². The first-order valence-electron chi connectivity index (χ1n) is 5.33. The number of nitrogens with zero attached hydrogens (tertiary/aromatic N) is 3. The molecular formula is C12H16N4. The van der Waals surface area contributed by atoms with Gasteiger partial charge in [0, 0.05) is 24.6 Å². The molecule has 16 heavy (non-hydrogen) atoms. The summed E-state index contributed by atoms with van der Waals surface area (Å²) in [5, 5.41) is 0. The number of nitrogens with two attached hydrogens (primary N) is 1. The molecule has 1 atom stereocenters. The van der Waals surface area contributed by atoms with Crippen molar-refractivity contribution >= 4 is 0 Å². The molecule has 84 valence electrons. The van der Waals surface area contributed by atoms with Crippen molar-refractivity contribution in [2.45, 2.75) is 26.4 Å². The zero-order chi connectivity index (χ0) is 11.5. The molecule has 2 N–H and O–H groups in total. The average Bonchev–Trinajstić information content (AvgIpc) is 2.69. The van der Waals surface area contributed by atoms with E-state index in [1.807, 2.05) is 31.7 Å². The van der Waals surface area contributed by atoms with Gasteiger partial charge in [-0.3, -0.25) is 4.98 Å². The Bertz CT molecular complexity index is 473. The number of pyridine rings is 1. The Morgan fingerprint density at radius 1 is 1.38 bits per heavy atom. The van der Waals surface area contributed by atoms with Crippen LogP contribution >= 0.6 is 0 Å². The lowest BCUT2D eigenvalue weighted by Crippen LogP contribution is -2.12. The highest BCUT2D eigenvalue weighted by Gasteiger charge is 2.07. The highest BCUT2D eigenvalue weighted by Crippen LogP contribution is 2.13. The van der Waals surface area contributed by atoms with Crippen LogP contribution in [0.25, 0.3) is 0 Å². The second-order valence-corrected chi connectivity index (χ2v) is 4.04. The normalized spacial score (nSPS) is 12.7. The van der Waals surface area contributed by atoms with Gasteiger partial charge in [-0.1, -0.05) is 0 Å². The number of hydrogen-bond acceptors (Lipinski definition) is 3. The van der Waals surface area contributed by atoms with Gasteiger partial charge in [0.2, 0.25) is 0 Å². The van der Waals surface area contributed by atoms with Gasteiger partial charge in [-0.05, 0) is 31.0 Å². The lowest BCUT2D eigenvalue weighted by molar-refractivity contribution is 0.671. The first-order valence-corrected chi connectivity index (χ1v) is 5.33. The zero-order valence-electron chi connectivity index (χ0n) is 9.59. The molecular weight excluding hydrogens is 200 g/mol. The number of imidazole rings is 1. The van der Waals surface area contributed by atoms with Crippen LogP contribution in [0.3, 0.4) is 0 Å². The maximum atomic E-state index is 5.87. The van der Waals surface area contributed by atoms with Gasteiger partial charge >= 0.3 is 0 Å². The minimum atomic E-state index is -0.000484. The SMILES string of the molecule is Cc1ccncc1Cn1cncc1C(C)N. The van der Waals surface area contributed by atoms with Gasteiger partial charge < -0.3 is 10.3 Å². The predicted molar refractivity (Wildman–Crippen MR) is 62.9 cm³/mol. The largest absolute Gasteiger partial charge is 0.329 e. The van der Waals surface area contributed by atoms with Crippen molar-refractivity contribution in [2.75, 3.05) is 0 Å². The zero-order valence-corrected chi connectivity index (χ0v) is 9.59. The van der Waals surface area contributed by atoms with E-state index in [0.29, 0.717) is 0 Å². The maximum absolute atomic E-state index is 5.87. The van der Waals surface area contributed by atoms with Gasteiger partial charge in [-0.15, -0.1) is 0 Å². The molecule has 1 unspecified atom stereocenters. The van der Waals surface area contributed by atoms with Gasteiger partial charge in [0.15, 0.2) is 0 Å². The van der Waals surface area contributed by atoms with E-state index in [2.05, 4.69) is 21.5 Å². The molecule has 4 heteroatoms. The van der Waals surface area contributed by atoms with Gasteiger partial charge in [0.25, 0.3) is 0 Å². The third kappa shape index (κ3) is 2.12. The molecule has 0 aliphatic rings. The number of aromatic nitrogens is 3. The Morgan fingerprint density at radius 2 is 2.19 bits per heavy atom. The third-order valence-electron chi connectivity index (χ3n) is 2.70. The van der Waals surface area contributed by atoms with Crippen LogP contribution < -0.4 is 5.73 Å². The van der Waals surface area contributed by atoms with Gasteiger partial charge in [-0.25, -0.2) is 4.98 Å². The van der Waals surface area contributed by atoms with Crippen LogP contribution in [0.5, 0.6) is 0 Å². The number of aryl methyl sites for hydroxylation is 1. The lowest BCUT2D eigenvalue weighted by Gasteiger charge is -2.11. The van der Waals surface area contributed by atoms with Crippen LogP contribution in [-0.2, 0) is 6.54 Å². The number of rotatable bonds is 3. The second kappa shape index (κ2) is 4.45. The van der Waals surface area contributed by atoms with Crippen LogP contribution in [-0.4, -0.2) is 14.5 Å². The quantitative estimate of drug-likeness (QED) is 0.848. The van der Waals surface area contributed by atoms with Crippen molar-refractivity contribution in [3.05, 3.63) is 47.8 Å². The summed E-state index contributed by atoms with van der Waals surface area (Å²) in [6, 6.07) is 2.01. The topological polar surface area (TPSA) is 56.7 Å². The summed E-state index contributed by atoms with van der Waals surface area (Å²) in [7, 11) is 0. The molecule has 0 bridgehead atoms. The molecule has 2 rings (SSSR count). The molecule has 0 saturated heterocycles. The van der Waals surface area contributed by atoms with E-state index < -0.39 is 0 Å². The average molecular weight is 216 g/mol. The summed E-state index contributed by atoms with van der Waals surface area (Å²) < 4.78 is 2.06. The van der Waals surface area contributed by atoms with Crippen LogP contribution in [0.1, 0.15) is 29.8 Å². The molecule has 2 aromatic heterocycles. The Kier molecular flexibility index (Phi) is 3.01. The Labute approximate surface area is 95.1 Å². The Balaban J connectivity index is 2.27. The fourth-order valence-electron chi connectivity index (χ4n) is 1.69. The molecule has 2 aromatic rings. The Hall–Kier alpha value is -1.68. The van der Waals surface area contributed by atoms with Gasteiger partial charge in [0.1, 0.15) is 0 Å². The molecule has 0 spiro atoms.